The lowest BCUT2D eigenvalue weighted by Gasteiger charge is -2.29. The number of benzene rings is 2. The molecule has 1 saturated heterocycles. The van der Waals surface area contributed by atoms with Gasteiger partial charge >= 0.3 is 12.1 Å². The molecule has 2 aromatic carbocycles. The molecule has 0 radical (unpaired) electrons. The molecule has 4 aromatic rings. The van der Waals surface area contributed by atoms with Crippen LogP contribution in [-0.4, -0.2) is 44.4 Å². The first-order valence-electron chi connectivity index (χ1n) is 10.9. The molecular weight excluding hydrogens is 534 g/mol. The van der Waals surface area contributed by atoms with E-state index in [0.717, 1.165) is 32.0 Å². The van der Waals surface area contributed by atoms with Gasteiger partial charge in [-0.3, -0.25) is 9.13 Å². The zero-order valence-electron chi connectivity index (χ0n) is 18.5. The zero-order chi connectivity index (χ0) is 24.9. The summed E-state index contributed by atoms with van der Waals surface area (Å²) in [7, 11) is 2.02. The Labute approximate surface area is 205 Å². The Bertz CT molecular complexity index is 1460. The number of rotatable bonds is 5. The number of alkyl halides is 2. The van der Waals surface area contributed by atoms with Crippen LogP contribution < -0.4 is 5.69 Å². The monoisotopic (exact) mass is 553 g/mol. The first-order valence-corrected chi connectivity index (χ1v) is 11.7. The van der Waals surface area contributed by atoms with Crippen molar-refractivity contribution in [3.05, 3.63) is 68.4 Å². The smallest absolute Gasteiger partial charge is 0.329 e. The molecule has 1 aliphatic heterocycles. The summed E-state index contributed by atoms with van der Waals surface area (Å²) in [6.45, 7) is 1.50. The first kappa shape index (κ1) is 23.7. The predicted molar refractivity (Wildman–Crippen MR) is 123 cm³/mol. The fourth-order valence-electron chi connectivity index (χ4n) is 4.45. The van der Waals surface area contributed by atoms with E-state index in [2.05, 4.69) is 31.0 Å². The molecule has 184 valence electrons. The Morgan fingerprint density at radius 2 is 1.83 bits per heavy atom. The zero-order valence-corrected chi connectivity index (χ0v) is 20.1. The van der Waals surface area contributed by atoms with Gasteiger partial charge in [0.1, 0.15) is 11.6 Å². The van der Waals surface area contributed by atoms with E-state index in [0.29, 0.717) is 11.0 Å². The van der Waals surface area contributed by atoms with Crippen LogP contribution in [0.4, 0.5) is 17.6 Å². The van der Waals surface area contributed by atoms with Gasteiger partial charge in [0.2, 0.25) is 5.89 Å². The quantitative estimate of drug-likeness (QED) is 0.320. The molecule has 1 aliphatic rings. The number of hydrogen-bond acceptors (Lipinski definition) is 5. The van der Waals surface area contributed by atoms with Crippen LogP contribution in [0.15, 0.2) is 44.0 Å². The van der Waals surface area contributed by atoms with Crippen molar-refractivity contribution < 1.29 is 22.0 Å². The van der Waals surface area contributed by atoms with Crippen molar-refractivity contribution in [2.75, 3.05) is 20.1 Å². The SMILES string of the molecule is CN1CCC(n2c(=O)n(Cc3ccc(-c4nnc(C(F)F)o4)cc3F)c3cc(F)c(Br)cc32)CC1. The Hall–Kier alpha value is -2.99. The van der Waals surface area contributed by atoms with Crippen LogP contribution in [0, 0.1) is 11.6 Å². The van der Waals surface area contributed by atoms with Gasteiger partial charge in [-0.2, -0.15) is 8.78 Å². The summed E-state index contributed by atoms with van der Waals surface area (Å²) in [5.41, 5.74) is 0.864. The normalized spacial score (nSPS) is 15.5. The van der Waals surface area contributed by atoms with Gasteiger partial charge in [0.15, 0.2) is 0 Å². The van der Waals surface area contributed by atoms with E-state index in [-0.39, 0.29) is 39.8 Å². The van der Waals surface area contributed by atoms with Crippen LogP contribution in [-0.2, 0) is 6.54 Å². The van der Waals surface area contributed by atoms with E-state index in [4.69, 9.17) is 4.42 Å². The number of piperidine rings is 1. The molecule has 5 rings (SSSR count). The summed E-state index contributed by atoms with van der Waals surface area (Å²) in [5, 5.41) is 6.77. The van der Waals surface area contributed by atoms with Gasteiger partial charge in [0.25, 0.3) is 5.89 Å². The average Bonchev–Trinajstić information content (AvgIpc) is 3.41. The minimum Gasteiger partial charge on any atom is -0.415 e. The van der Waals surface area contributed by atoms with E-state index in [1.807, 2.05) is 7.05 Å². The van der Waals surface area contributed by atoms with Crippen LogP contribution >= 0.6 is 15.9 Å². The molecule has 1 fully saturated rings. The number of aromatic nitrogens is 4. The van der Waals surface area contributed by atoms with E-state index in [1.165, 1.54) is 22.8 Å². The molecule has 0 aliphatic carbocycles. The van der Waals surface area contributed by atoms with E-state index in [1.54, 1.807) is 10.6 Å². The molecule has 0 N–H and O–H groups in total. The third kappa shape index (κ3) is 4.40. The van der Waals surface area contributed by atoms with Gasteiger partial charge in [-0.05, 0) is 67.1 Å². The second-order valence-electron chi connectivity index (χ2n) is 8.58. The first-order chi connectivity index (χ1) is 16.7. The molecule has 0 saturated carbocycles. The number of nitrogens with zero attached hydrogens (tertiary/aromatic N) is 5. The lowest BCUT2D eigenvalue weighted by Crippen LogP contribution is -2.36. The summed E-state index contributed by atoms with van der Waals surface area (Å²) in [4.78, 5) is 15.7. The summed E-state index contributed by atoms with van der Waals surface area (Å²) < 4.78 is 63.0. The van der Waals surface area contributed by atoms with Crippen molar-refractivity contribution in [2.45, 2.75) is 31.9 Å². The third-order valence-corrected chi connectivity index (χ3v) is 6.92. The number of fused-ring (bicyclic) bond motifs is 1. The number of hydrogen-bond donors (Lipinski definition) is 0. The van der Waals surface area contributed by atoms with Crippen LogP contribution in [0.5, 0.6) is 0 Å². The fourth-order valence-corrected chi connectivity index (χ4v) is 4.78. The van der Waals surface area contributed by atoms with Crippen molar-refractivity contribution in [3.63, 3.8) is 0 Å². The van der Waals surface area contributed by atoms with Crippen molar-refractivity contribution in [1.29, 1.82) is 0 Å². The number of halogens is 5. The van der Waals surface area contributed by atoms with Crippen LogP contribution in [0.2, 0.25) is 0 Å². The Morgan fingerprint density at radius 1 is 1.09 bits per heavy atom. The molecule has 2 aromatic heterocycles. The van der Waals surface area contributed by atoms with Gasteiger partial charge in [-0.15, -0.1) is 10.2 Å². The number of likely N-dealkylation sites (tertiary alicyclic amines) is 1. The third-order valence-electron chi connectivity index (χ3n) is 6.31. The highest BCUT2D eigenvalue weighted by Gasteiger charge is 2.25. The molecule has 7 nitrogen and oxygen atoms in total. The molecule has 0 spiro atoms. The molecular formula is C23H20BrF4N5O2. The summed E-state index contributed by atoms with van der Waals surface area (Å²) >= 11 is 3.20. The van der Waals surface area contributed by atoms with Gasteiger partial charge in [0, 0.05) is 23.2 Å². The van der Waals surface area contributed by atoms with Gasteiger partial charge in [-0.1, -0.05) is 6.07 Å². The second kappa shape index (κ2) is 9.23. The maximum Gasteiger partial charge on any atom is 0.329 e. The predicted octanol–water partition coefficient (Wildman–Crippen LogP) is 5.15. The highest BCUT2D eigenvalue weighted by molar-refractivity contribution is 9.10. The largest absolute Gasteiger partial charge is 0.415 e. The van der Waals surface area contributed by atoms with Gasteiger partial charge in [-0.25, -0.2) is 13.6 Å². The molecule has 0 atom stereocenters. The van der Waals surface area contributed by atoms with Crippen molar-refractivity contribution in [3.8, 4) is 11.5 Å². The van der Waals surface area contributed by atoms with E-state index < -0.39 is 24.0 Å². The minimum absolute atomic E-state index is 0.0615. The van der Waals surface area contributed by atoms with E-state index >= 15 is 4.39 Å². The highest BCUT2D eigenvalue weighted by atomic mass is 79.9. The summed E-state index contributed by atoms with van der Waals surface area (Å²) in [6, 6.07) is 6.72. The van der Waals surface area contributed by atoms with Gasteiger partial charge in [0.05, 0.1) is 22.1 Å². The maximum absolute atomic E-state index is 15.0. The van der Waals surface area contributed by atoms with E-state index in [9.17, 15) is 18.0 Å². The summed E-state index contributed by atoms with van der Waals surface area (Å²) in [6.07, 6.45) is -1.41. The Morgan fingerprint density at radius 3 is 2.49 bits per heavy atom. The Kier molecular flexibility index (Phi) is 6.26. The maximum atomic E-state index is 15.0. The van der Waals surface area contributed by atoms with Crippen LogP contribution in [0.1, 0.15) is 36.8 Å². The average molecular weight is 554 g/mol. The fraction of sp³-hybridized carbons (Fsp3) is 0.348. The minimum atomic E-state index is -2.94. The number of imidazole rings is 1. The summed E-state index contributed by atoms with van der Waals surface area (Å²) in [5.74, 6) is -2.32. The standard InChI is InChI=1S/C23H20BrF4N5O2/c1-31-6-4-14(5-7-31)33-19-9-15(24)17(26)10-18(19)32(23(33)34)11-13-3-2-12(8-16(13)25)21-29-30-22(35-21)20(27)28/h2-3,8-10,14,20H,4-7,11H2,1H3. The molecule has 35 heavy (non-hydrogen) atoms. The molecule has 3 heterocycles. The molecule has 12 heteroatoms. The topological polar surface area (TPSA) is 69.1 Å². The van der Waals surface area contributed by atoms with Crippen molar-refractivity contribution in [2.24, 2.45) is 0 Å². The van der Waals surface area contributed by atoms with Crippen molar-refractivity contribution in [1.82, 2.24) is 24.2 Å². The molecule has 0 bridgehead atoms. The Balaban J connectivity index is 1.54. The highest BCUT2D eigenvalue weighted by Crippen LogP contribution is 2.30. The van der Waals surface area contributed by atoms with Crippen LogP contribution in [0.25, 0.3) is 22.5 Å². The lowest BCUT2D eigenvalue weighted by molar-refractivity contribution is 0.116. The van der Waals surface area contributed by atoms with Crippen molar-refractivity contribution >= 4 is 27.0 Å². The van der Waals surface area contributed by atoms with Crippen LogP contribution in [0.3, 0.4) is 0 Å². The molecule has 0 amide bonds. The lowest BCUT2D eigenvalue weighted by atomic mass is 10.1. The second-order valence-corrected chi connectivity index (χ2v) is 9.43. The molecule has 0 unspecified atom stereocenters. The van der Waals surface area contributed by atoms with Gasteiger partial charge < -0.3 is 9.32 Å².